The zero-order valence-electron chi connectivity index (χ0n) is 12.0. The average Bonchev–Trinajstić information content (AvgIpc) is 2.46. The van der Waals surface area contributed by atoms with Crippen molar-refractivity contribution in [3.63, 3.8) is 0 Å². The highest BCUT2D eigenvalue weighted by Crippen LogP contribution is 2.14. The molecular formula is C15H18BrNO4. The molecule has 1 aromatic rings. The minimum atomic E-state index is -1.06. The number of carbonyl (C=O) groups is 2. The topological polar surface area (TPSA) is 64.6 Å². The lowest BCUT2D eigenvalue weighted by Gasteiger charge is -2.10. The number of benzene rings is 1. The minimum Gasteiger partial charge on any atom is -0.465 e. The minimum absolute atomic E-state index is 0.211. The van der Waals surface area contributed by atoms with Crippen molar-refractivity contribution >= 4 is 33.6 Å². The molecule has 0 saturated heterocycles. The van der Waals surface area contributed by atoms with E-state index in [0.717, 1.165) is 10.2 Å². The van der Waals surface area contributed by atoms with E-state index in [1.807, 2.05) is 24.3 Å². The molecule has 1 N–H and O–H groups in total. The third-order valence-corrected chi connectivity index (χ3v) is 2.99. The first-order valence-electron chi connectivity index (χ1n) is 6.60. The summed E-state index contributed by atoms with van der Waals surface area (Å²) in [6.07, 6.45) is 2.96. The van der Waals surface area contributed by atoms with E-state index in [-0.39, 0.29) is 13.2 Å². The van der Waals surface area contributed by atoms with Crippen molar-refractivity contribution in [3.8, 4) is 0 Å². The van der Waals surface area contributed by atoms with Crippen LogP contribution >= 0.6 is 15.9 Å². The summed E-state index contributed by atoms with van der Waals surface area (Å²) in [7, 11) is 0. The fourth-order valence-corrected chi connectivity index (χ4v) is 1.77. The van der Waals surface area contributed by atoms with Crippen molar-refractivity contribution in [2.24, 2.45) is 5.92 Å². The summed E-state index contributed by atoms with van der Waals surface area (Å²) in [5.41, 5.74) is 0.834. The number of halogens is 1. The Bertz CT molecular complexity index is 481. The van der Waals surface area contributed by atoms with Gasteiger partial charge in [-0.05, 0) is 50.4 Å². The molecule has 0 amide bonds. The van der Waals surface area contributed by atoms with Crippen molar-refractivity contribution < 1.29 is 19.1 Å². The van der Waals surface area contributed by atoms with Gasteiger partial charge < -0.3 is 14.8 Å². The first-order valence-corrected chi connectivity index (χ1v) is 7.39. The van der Waals surface area contributed by atoms with Gasteiger partial charge in [-0.3, -0.25) is 9.59 Å². The van der Waals surface area contributed by atoms with E-state index in [1.165, 1.54) is 12.3 Å². The summed E-state index contributed by atoms with van der Waals surface area (Å²) in [5, 5.41) is 2.98. The van der Waals surface area contributed by atoms with Crippen LogP contribution in [0.1, 0.15) is 13.8 Å². The van der Waals surface area contributed by atoms with Gasteiger partial charge in [-0.25, -0.2) is 0 Å². The lowest BCUT2D eigenvalue weighted by atomic mass is 10.1. The van der Waals surface area contributed by atoms with Crippen LogP contribution in [0.3, 0.4) is 0 Å². The molecule has 0 bridgehead atoms. The Labute approximate surface area is 132 Å². The van der Waals surface area contributed by atoms with Gasteiger partial charge in [0.05, 0.1) is 13.2 Å². The predicted octanol–water partition coefficient (Wildman–Crippen LogP) is 3.12. The largest absolute Gasteiger partial charge is 0.465 e. The van der Waals surface area contributed by atoms with Crippen molar-refractivity contribution in [2.45, 2.75) is 13.8 Å². The molecule has 1 rings (SSSR count). The first kappa shape index (κ1) is 17.2. The highest BCUT2D eigenvalue weighted by molar-refractivity contribution is 9.10. The van der Waals surface area contributed by atoms with Crippen LogP contribution in [0.25, 0.3) is 0 Å². The van der Waals surface area contributed by atoms with Crippen molar-refractivity contribution in [1.82, 2.24) is 0 Å². The van der Waals surface area contributed by atoms with Crippen LogP contribution in [0.2, 0.25) is 0 Å². The summed E-state index contributed by atoms with van der Waals surface area (Å²) in [6, 6.07) is 7.48. The quantitative estimate of drug-likeness (QED) is 0.601. The molecule has 21 heavy (non-hydrogen) atoms. The Morgan fingerprint density at radius 3 is 2.14 bits per heavy atom. The molecular weight excluding hydrogens is 338 g/mol. The summed E-state index contributed by atoms with van der Waals surface area (Å²) >= 11 is 3.34. The maximum absolute atomic E-state index is 11.7. The van der Waals surface area contributed by atoms with Gasteiger partial charge in [0.25, 0.3) is 0 Å². The van der Waals surface area contributed by atoms with Gasteiger partial charge in [0.1, 0.15) is 0 Å². The maximum atomic E-state index is 11.7. The Kier molecular flexibility index (Phi) is 7.53. The van der Waals surface area contributed by atoms with Crippen LogP contribution in [-0.4, -0.2) is 25.2 Å². The van der Waals surface area contributed by atoms with E-state index < -0.39 is 17.9 Å². The Balaban J connectivity index is 2.70. The zero-order chi connectivity index (χ0) is 15.7. The van der Waals surface area contributed by atoms with Gasteiger partial charge in [0.2, 0.25) is 0 Å². The zero-order valence-corrected chi connectivity index (χ0v) is 13.6. The molecule has 0 aliphatic carbocycles. The Hall–Kier alpha value is -1.82. The van der Waals surface area contributed by atoms with E-state index in [1.54, 1.807) is 13.8 Å². The van der Waals surface area contributed by atoms with Gasteiger partial charge in [0, 0.05) is 10.2 Å². The second kappa shape index (κ2) is 9.18. The second-order valence-electron chi connectivity index (χ2n) is 3.99. The van der Waals surface area contributed by atoms with E-state index in [9.17, 15) is 9.59 Å². The fourth-order valence-electron chi connectivity index (χ4n) is 1.50. The SMILES string of the molecule is CCOC(=O)C(C=CNc1ccc(Br)cc1)C(=O)OCC. The summed E-state index contributed by atoms with van der Waals surface area (Å²) in [5.74, 6) is -2.30. The number of nitrogens with one attached hydrogen (secondary N) is 1. The molecule has 5 nitrogen and oxygen atoms in total. The van der Waals surface area contributed by atoms with Crippen molar-refractivity contribution in [1.29, 1.82) is 0 Å². The lowest BCUT2D eigenvalue weighted by molar-refractivity contribution is -0.158. The maximum Gasteiger partial charge on any atom is 0.324 e. The van der Waals surface area contributed by atoms with E-state index in [0.29, 0.717) is 0 Å². The summed E-state index contributed by atoms with van der Waals surface area (Å²) in [6.45, 7) is 3.79. The molecule has 0 fully saturated rings. The predicted molar refractivity (Wildman–Crippen MR) is 83.7 cm³/mol. The molecule has 1 aromatic carbocycles. The monoisotopic (exact) mass is 355 g/mol. The fraction of sp³-hybridized carbons (Fsp3) is 0.333. The van der Waals surface area contributed by atoms with Crippen LogP contribution in [0.5, 0.6) is 0 Å². The molecule has 0 saturated carbocycles. The van der Waals surface area contributed by atoms with Crippen LogP contribution < -0.4 is 5.32 Å². The standard InChI is InChI=1S/C15H18BrNO4/c1-3-20-14(18)13(15(19)21-4-2)9-10-17-12-7-5-11(16)6-8-12/h5-10,13,17H,3-4H2,1-2H3. The number of esters is 2. The number of hydrogen-bond donors (Lipinski definition) is 1. The number of hydrogen-bond acceptors (Lipinski definition) is 5. The molecule has 0 aliphatic rings. The van der Waals surface area contributed by atoms with Crippen molar-refractivity contribution in [2.75, 3.05) is 18.5 Å². The van der Waals surface area contributed by atoms with Crippen LogP contribution in [0.15, 0.2) is 41.0 Å². The average molecular weight is 356 g/mol. The molecule has 0 heterocycles. The van der Waals surface area contributed by atoms with Crippen molar-refractivity contribution in [3.05, 3.63) is 41.0 Å². The molecule has 114 valence electrons. The van der Waals surface area contributed by atoms with E-state index >= 15 is 0 Å². The molecule has 0 radical (unpaired) electrons. The highest BCUT2D eigenvalue weighted by atomic mass is 79.9. The van der Waals surface area contributed by atoms with E-state index in [4.69, 9.17) is 9.47 Å². The first-order chi connectivity index (χ1) is 10.1. The normalized spacial score (nSPS) is 10.7. The van der Waals surface area contributed by atoms with E-state index in [2.05, 4.69) is 21.2 Å². The second-order valence-corrected chi connectivity index (χ2v) is 4.91. The molecule has 0 atom stereocenters. The molecule has 6 heteroatoms. The van der Waals surface area contributed by atoms with Gasteiger partial charge in [-0.15, -0.1) is 0 Å². The molecule has 0 aromatic heterocycles. The Morgan fingerprint density at radius 2 is 1.67 bits per heavy atom. The molecule has 0 unspecified atom stereocenters. The van der Waals surface area contributed by atoms with Crippen LogP contribution in [0, 0.1) is 5.92 Å². The van der Waals surface area contributed by atoms with Gasteiger partial charge in [-0.1, -0.05) is 15.9 Å². The van der Waals surface area contributed by atoms with Crippen LogP contribution in [0.4, 0.5) is 5.69 Å². The molecule has 0 aliphatic heterocycles. The van der Waals surface area contributed by atoms with Crippen LogP contribution in [-0.2, 0) is 19.1 Å². The highest BCUT2D eigenvalue weighted by Gasteiger charge is 2.26. The summed E-state index contributed by atoms with van der Waals surface area (Å²) in [4.78, 5) is 23.5. The third-order valence-electron chi connectivity index (χ3n) is 2.46. The third kappa shape index (κ3) is 5.99. The Morgan fingerprint density at radius 1 is 1.14 bits per heavy atom. The van der Waals surface area contributed by atoms with Gasteiger partial charge in [-0.2, -0.15) is 0 Å². The lowest BCUT2D eigenvalue weighted by Crippen LogP contribution is -2.26. The smallest absolute Gasteiger partial charge is 0.324 e. The number of ether oxygens (including phenoxy) is 2. The summed E-state index contributed by atoms with van der Waals surface area (Å²) < 4.78 is 10.7. The number of anilines is 1. The van der Waals surface area contributed by atoms with Gasteiger partial charge >= 0.3 is 11.9 Å². The van der Waals surface area contributed by atoms with Gasteiger partial charge in [0.15, 0.2) is 5.92 Å². The number of carbonyl (C=O) groups excluding carboxylic acids is 2. The number of rotatable bonds is 7. The molecule has 0 spiro atoms.